The summed E-state index contributed by atoms with van der Waals surface area (Å²) in [4.78, 5) is 19.1. The number of carbonyl (C=O) groups is 1. The Labute approximate surface area is 111 Å². The van der Waals surface area contributed by atoms with Crippen LogP contribution in [0.2, 0.25) is 0 Å². The Morgan fingerprint density at radius 2 is 2.00 bits per heavy atom. The molecule has 0 aliphatic heterocycles. The van der Waals surface area contributed by atoms with Gasteiger partial charge >= 0.3 is 5.97 Å². The lowest BCUT2D eigenvalue weighted by Gasteiger charge is -2.09. The highest BCUT2D eigenvalue weighted by molar-refractivity contribution is 5.70. The minimum atomic E-state index is -0.828. The number of nitrogens with zero attached hydrogens (tertiary/aromatic N) is 2. The van der Waals surface area contributed by atoms with Gasteiger partial charge in [0.15, 0.2) is 0 Å². The first-order valence-electron chi connectivity index (χ1n) is 5.97. The molecule has 1 aromatic heterocycles. The molecule has 98 valence electrons. The molecule has 5 nitrogen and oxygen atoms in total. The topological polar surface area (TPSA) is 75.1 Å². The second kappa shape index (κ2) is 5.95. The average molecular weight is 257 g/mol. The van der Waals surface area contributed by atoms with Crippen molar-refractivity contribution in [2.45, 2.75) is 19.9 Å². The van der Waals surface area contributed by atoms with Crippen molar-refractivity contribution in [3.05, 3.63) is 53.5 Å². The molecule has 2 aromatic rings. The fourth-order valence-corrected chi connectivity index (χ4v) is 1.81. The van der Waals surface area contributed by atoms with E-state index in [1.165, 1.54) is 0 Å². The molecule has 0 spiro atoms. The summed E-state index contributed by atoms with van der Waals surface area (Å²) in [6.45, 7) is 2.36. The second-order valence-electron chi connectivity index (χ2n) is 4.18. The Bertz CT molecular complexity index is 584. The summed E-state index contributed by atoms with van der Waals surface area (Å²) in [6, 6.07) is 9.27. The van der Waals surface area contributed by atoms with E-state index in [0.717, 1.165) is 16.9 Å². The number of benzene rings is 1. The maximum atomic E-state index is 10.8. The first kappa shape index (κ1) is 13.0. The number of aromatic nitrogens is 2. The number of hydrogen-bond donors (Lipinski definition) is 2. The van der Waals surface area contributed by atoms with Gasteiger partial charge in [-0.15, -0.1) is 0 Å². The van der Waals surface area contributed by atoms with Gasteiger partial charge in [0.1, 0.15) is 11.6 Å². The van der Waals surface area contributed by atoms with E-state index in [-0.39, 0.29) is 6.42 Å². The number of rotatable bonds is 5. The van der Waals surface area contributed by atoms with E-state index in [2.05, 4.69) is 15.3 Å². The monoisotopic (exact) mass is 257 g/mol. The van der Waals surface area contributed by atoms with E-state index in [0.29, 0.717) is 12.4 Å². The van der Waals surface area contributed by atoms with Crippen LogP contribution in [0.25, 0.3) is 0 Å². The molecule has 0 amide bonds. The summed E-state index contributed by atoms with van der Waals surface area (Å²) in [5.74, 6) is 0.603. The Morgan fingerprint density at radius 1 is 1.26 bits per heavy atom. The van der Waals surface area contributed by atoms with Gasteiger partial charge in [0, 0.05) is 12.7 Å². The van der Waals surface area contributed by atoms with E-state index in [9.17, 15) is 4.79 Å². The van der Waals surface area contributed by atoms with Gasteiger partial charge in [0.25, 0.3) is 0 Å². The van der Waals surface area contributed by atoms with Crippen molar-refractivity contribution >= 4 is 11.8 Å². The molecule has 0 aliphatic rings. The van der Waals surface area contributed by atoms with Crippen LogP contribution in [0.3, 0.4) is 0 Å². The predicted octanol–water partition coefficient (Wildman–Crippen LogP) is 2.02. The van der Waals surface area contributed by atoms with E-state index >= 15 is 0 Å². The molecule has 0 atom stereocenters. The molecule has 2 rings (SSSR count). The van der Waals surface area contributed by atoms with Gasteiger partial charge in [-0.1, -0.05) is 24.3 Å². The summed E-state index contributed by atoms with van der Waals surface area (Å²) < 4.78 is 0. The number of aryl methyl sites for hydroxylation is 1. The average Bonchev–Trinajstić information content (AvgIpc) is 2.37. The smallest absolute Gasteiger partial charge is 0.307 e. The van der Waals surface area contributed by atoms with Gasteiger partial charge in [-0.05, 0) is 24.1 Å². The summed E-state index contributed by atoms with van der Waals surface area (Å²) in [5, 5.41) is 12.0. The zero-order valence-corrected chi connectivity index (χ0v) is 10.6. The predicted molar refractivity (Wildman–Crippen MR) is 71.9 cm³/mol. The second-order valence-corrected chi connectivity index (χ2v) is 4.18. The number of hydrogen-bond acceptors (Lipinski definition) is 4. The minimum absolute atomic E-state index is 0.0284. The van der Waals surface area contributed by atoms with Crippen LogP contribution in [0.5, 0.6) is 0 Å². The minimum Gasteiger partial charge on any atom is -0.481 e. The van der Waals surface area contributed by atoms with Crippen LogP contribution in [0.4, 0.5) is 5.82 Å². The molecule has 0 unspecified atom stereocenters. The fourth-order valence-electron chi connectivity index (χ4n) is 1.81. The zero-order valence-electron chi connectivity index (χ0n) is 10.6. The highest BCUT2D eigenvalue weighted by Gasteiger charge is 2.06. The van der Waals surface area contributed by atoms with Crippen molar-refractivity contribution in [2.75, 3.05) is 5.32 Å². The van der Waals surface area contributed by atoms with Crippen molar-refractivity contribution in [3.63, 3.8) is 0 Å². The summed E-state index contributed by atoms with van der Waals surface area (Å²) in [7, 11) is 0. The number of anilines is 1. The molecule has 0 aliphatic carbocycles. The maximum absolute atomic E-state index is 10.8. The summed E-state index contributed by atoms with van der Waals surface area (Å²) in [6.07, 6.45) is 1.72. The molecule has 19 heavy (non-hydrogen) atoms. The quantitative estimate of drug-likeness (QED) is 0.857. The van der Waals surface area contributed by atoms with Crippen molar-refractivity contribution in [1.82, 2.24) is 9.97 Å². The van der Waals surface area contributed by atoms with Crippen LogP contribution in [0, 0.1) is 6.92 Å². The van der Waals surface area contributed by atoms with Gasteiger partial charge in [-0.2, -0.15) is 0 Å². The van der Waals surface area contributed by atoms with Crippen molar-refractivity contribution in [2.24, 2.45) is 0 Å². The number of carboxylic acid groups (broad SMARTS) is 1. The largest absolute Gasteiger partial charge is 0.481 e. The Morgan fingerprint density at radius 3 is 2.68 bits per heavy atom. The Hall–Kier alpha value is -2.43. The van der Waals surface area contributed by atoms with Gasteiger partial charge in [-0.3, -0.25) is 4.79 Å². The third-order valence-electron chi connectivity index (χ3n) is 2.70. The standard InChI is InChI=1S/C14H15N3O2/c1-10-15-7-6-13(17-10)16-9-12-5-3-2-4-11(12)8-14(18)19/h2-7H,8-9H2,1H3,(H,18,19)(H,15,16,17). The van der Waals surface area contributed by atoms with Gasteiger partial charge in [0.05, 0.1) is 6.42 Å². The van der Waals surface area contributed by atoms with Crippen LogP contribution >= 0.6 is 0 Å². The highest BCUT2D eigenvalue weighted by Crippen LogP contribution is 2.12. The molecule has 0 fully saturated rings. The molecule has 0 bridgehead atoms. The van der Waals surface area contributed by atoms with E-state index < -0.39 is 5.97 Å². The van der Waals surface area contributed by atoms with Crippen LogP contribution in [0.15, 0.2) is 36.5 Å². The lowest BCUT2D eigenvalue weighted by Crippen LogP contribution is -2.08. The molecule has 5 heteroatoms. The summed E-state index contributed by atoms with van der Waals surface area (Å²) >= 11 is 0. The molecule has 2 N–H and O–H groups in total. The molecule has 1 heterocycles. The summed E-state index contributed by atoms with van der Waals surface area (Å²) in [5.41, 5.74) is 1.77. The van der Waals surface area contributed by atoms with Crippen LogP contribution < -0.4 is 5.32 Å². The number of carboxylic acids is 1. The normalized spacial score (nSPS) is 10.2. The van der Waals surface area contributed by atoms with E-state index in [1.807, 2.05) is 31.2 Å². The fraction of sp³-hybridized carbons (Fsp3) is 0.214. The highest BCUT2D eigenvalue weighted by atomic mass is 16.4. The Balaban J connectivity index is 2.09. The van der Waals surface area contributed by atoms with Crippen LogP contribution in [-0.2, 0) is 17.8 Å². The van der Waals surface area contributed by atoms with Crippen LogP contribution in [-0.4, -0.2) is 21.0 Å². The van der Waals surface area contributed by atoms with E-state index in [4.69, 9.17) is 5.11 Å². The van der Waals surface area contributed by atoms with Crippen LogP contribution in [0.1, 0.15) is 17.0 Å². The van der Waals surface area contributed by atoms with Crippen molar-refractivity contribution in [1.29, 1.82) is 0 Å². The Kier molecular flexibility index (Phi) is 4.07. The maximum Gasteiger partial charge on any atom is 0.307 e. The molecule has 0 saturated heterocycles. The first-order chi connectivity index (χ1) is 9.15. The molecular formula is C14H15N3O2. The van der Waals surface area contributed by atoms with Gasteiger partial charge in [0.2, 0.25) is 0 Å². The van der Waals surface area contributed by atoms with Crippen molar-refractivity contribution < 1.29 is 9.90 Å². The molecular weight excluding hydrogens is 242 g/mol. The molecule has 1 aromatic carbocycles. The third kappa shape index (κ3) is 3.77. The van der Waals surface area contributed by atoms with E-state index in [1.54, 1.807) is 12.3 Å². The lowest BCUT2D eigenvalue weighted by atomic mass is 10.0. The first-order valence-corrected chi connectivity index (χ1v) is 5.97. The molecule has 0 saturated carbocycles. The van der Waals surface area contributed by atoms with Gasteiger partial charge < -0.3 is 10.4 Å². The zero-order chi connectivity index (χ0) is 13.7. The van der Waals surface area contributed by atoms with Crippen molar-refractivity contribution in [3.8, 4) is 0 Å². The number of nitrogens with one attached hydrogen (secondary N) is 1. The molecule has 0 radical (unpaired) electrons. The third-order valence-corrected chi connectivity index (χ3v) is 2.70. The number of aliphatic carboxylic acids is 1. The lowest BCUT2D eigenvalue weighted by molar-refractivity contribution is -0.136. The van der Waals surface area contributed by atoms with Gasteiger partial charge in [-0.25, -0.2) is 9.97 Å². The SMILES string of the molecule is Cc1nccc(NCc2ccccc2CC(=O)O)n1.